The maximum atomic E-state index is 11.5. The van der Waals surface area contributed by atoms with Gasteiger partial charge in [-0.3, -0.25) is 9.89 Å². The second kappa shape index (κ2) is 5.32. The minimum Gasteiger partial charge on any atom is -0.307 e. The lowest BCUT2D eigenvalue weighted by atomic mass is 10.2. The van der Waals surface area contributed by atoms with E-state index in [0.717, 1.165) is 5.56 Å². The van der Waals surface area contributed by atoms with Crippen molar-refractivity contribution in [1.29, 1.82) is 0 Å². The van der Waals surface area contributed by atoms with Crippen LogP contribution in [0.4, 0.5) is 5.82 Å². The molecule has 0 spiro atoms. The molecule has 1 heterocycles. The van der Waals surface area contributed by atoms with Crippen molar-refractivity contribution in [3.8, 4) is 0 Å². The van der Waals surface area contributed by atoms with E-state index in [-0.39, 0.29) is 5.91 Å². The molecular weight excluding hydrogens is 238 g/mol. The Labute approximate surface area is 103 Å². The zero-order valence-corrected chi connectivity index (χ0v) is 9.61. The van der Waals surface area contributed by atoms with Gasteiger partial charge in [0.15, 0.2) is 0 Å². The molecule has 17 heavy (non-hydrogen) atoms. The average Bonchev–Trinajstić information content (AvgIpc) is 2.79. The first-order valence-electron chi connectivity index (χ1n) is 4.98. The Hall–Kier alpha value is -2.07. The molecule has 0 saturated carbocycles. The largest absolute Gasteiger partial charge is 0.307 e. The fourth-order valence-corrected chi connectivity index (χ4v) is 1.48. The Kier molecular flexibility index (Phi) is 3.57. The van der Waals surface area contributed by atoms with Gasteiger partial charge in [-0.05, 0) is 23.8 Å². The first-order chi connectivity index (χ1) is 8.24. The maximum absolute atomic E-state index is 11.5. The minimum absolute atomic E-state index is 0.228. The summed E-state index contributed by atoms with van der Waals surface area (Å²) in [5.41, 5.74) is 0.872. The van der Waals surface area contributed by atoms with Crippen LogP contribution >= 0.6 is 11.6 Å². The molecule has 0 aliphatic rings. The first kappa shape index (κ1) is 11.4. The quantitative estimate of drug-likeness (QED) is 0.820. The van der Waals surface area contributed by atoms with Gasteiger partial charge in [-0.2, -0.15) is 5.10 Å². The summed E-state index contributed by atoms with van der Waals surface area (Å²) in [5.74, 6) is 0.333. The second-order valence-electron chi connectivity index (χ2n) is 3.35. The number of carbonyl (C=O) groups excluding carboxylic acids is 1. The van der Waals surface area contributed by atoms with Crippen molar-refractivity contribution in [3.63, 3.8) is 0 Å². The third-order valence-electron chi connectivity index (χ3n) is 2.03. The van der Waals surface area contributed by atoms with Gasteiger partial charge in [0.2, 0.25) is 5.91 Å². The highest BCUT2D eigenvalue weighted by atomic mass is 35.5. The topological polar surface area (TPSA) is 57.8 Å². The van der Waals surface area contributed by atoms with E-state index >= 15 is 0 Å². The van der Waals surface area contributed by atoms with Crippen molar-refractivity contribution >= 4 is 29.4 Å². The lowest BCUT2D eigenvalue weighted by Crippen LogP contribution is -2.07. The van der Waals surface area contributed by atoms with Crippen molar-refractivity contribution in [1.82, 2.24) is 10.2 Å². The van der Waals surface area contributed by atoms with Gasteiger partial charge >= 0.3 is 0 Å². The fourth-order valence-electron chi connectivity index (χ4n) is 1.28. The third-order valence-corrected chi connectivity index (χ3v) is 2.27. The summed E-state index contributed by atoms with van der Waals surface area (Å²) >= 11 is 5.83. The monoisotopic (exact) mass is 247 g/mol. The number of amides is 1. The number of carbonyl (C=O) groups is 1. The lowest BCUT2D eigenvalue weighted by Gasteiger charge is -1.97. The smallest absolute Gasteiger partial charge is 0.249 e. The molecule has 0 fully saturated rings. The number of hydrogen-bond donors (Lipinski definition) is 2. The predicted molar refractivity (Wildman–Crippen MR) is 67.7 cm³/mol. The Bertz CT molecular complexity index is 534. The molecule has 86 valence electrons. The van der Waals surface area contributed by atoms with Crippen LogP contribution in [0.3, 0.4) is 0 Å². The maximum Gasteiger partial charge on any atom is 0.249 e. The van der Waals surface area contributed by atoms with Crippen LogP contribution in [-0.2, 0) is 4.79 Å². The zero-order chi connectivity index (χ0) is 12.1. The van der Waals surface area contributed by atoms with Crippen LogP contribution in [0, 0.1) is 0 Å². The van der Waals surface area contributed by atoms with Crippen LogP contribution < -0.4 is 5.32 Å². The Balaban J connectivity index is 1.99. The van der Waals surface area contributed by atoms with Gasteiger partial charge in [-0.25, -0.2) is 0 Å². The van der Waals surface area contributed by atoms with Gasteiger partial charge < -0.3 is 5.32 Å². The van der Waals surface area contributed by atoms with Crippen molar-refractivity contribution < 1.29 is 4.79 Å². The number of anilines is 1. The van der Waals surface area contributed by atoms with Gasteiger partial charge in [0, 0.05) is 17.2 Å². The van der Waals surface area contributed by atoms with Crippen LogP contribution in [0.5, 0.6) is 0 Å². The fraction of sp³-hybridized carbons (Fsp3) is 0. The second-order valence-corrected chi connectivity index (χ2v) is 3.78. The van der Waals surface area contributed by atoms with E-state index in [0.29, 0.717) is 10.8 Å². The summed E-state index contributed by atoms with van der Waals surface area (Å²) in [6, 6.07) is 8.93. The van der Waals surface area contributed by atoms with Gasteiger partial charge in [-0.15, -0.1) is 0 Å². The Morgan fingerprint density at radius 1 is 1.41 bits per heavy atom. The molecule has 2 rings (SSSR count). The molecular formula is C12H10ClN3O. The summed E-state index contributed by atoms with van der Waals surface area (Å²) in [5, 5.41) is 9.63. The van der Waals surface area contributed by atoms with Crippen LogP contribution in [0.25, 0.3) is 6.08 Å². The van der Waals surface area contributed by atoms with E-state index < -0.39 is 0 Å². The highest BCUT2D eigenvalue weighted by Crippen LogP contribution is 2.11. The Morgan fingerprint density at radius 3 is 3.00 bits per heavy atom. The van der Waals surface area contributed by atoms with E-state index in [4.69, 9.17) is 11.6 Å². The molecule has 0 bridgehead atoms. The molecule has 1 aromatic carbocycles. The Morgan fingerprint density at radius 2 is 2.29 bits per heavy atom. The molecule has 0 radical (unpaired) electrons. The van der Waals surface area contributed by atoms with Crippen molar-refractivity contribution in [2.75, 3.05) is 5.32 Å². The average molecular weight is 248 g/mol. The number of aromatic nitrogens is 2. The van der Waals surface area contributed by atoms with Crippen LogP contribution in [0.1, 0.15) is 5.56 Å². The predicted octanol–water partition coefficient (Wildman–Crippen LogP) is 2.71. The number of aromatic amines is 1. The molecule has 2 N–H and O–H groups in total. The molecule has 5 heteroatoms. The number of H-pyrrole nitrogens is 1. The number of nitrogens with zero attached hydrogens (tertiary/aromatic N) is 1. The summed E-state index contributed by atoms with van der Waals surface area (Å²) in [7, 11) is 0. The van der Waals surface area contributed by atoms with E-state index in [1.54, 1.807) is 30.5 Å². The molecule has 1 aromatic heterocycles. The molecule has 2 aromatic rings. The van der Waals surface area contributed by atoms with Gasteiger partial charge in [0.05, 0.1) is 6.20 Å². The van der Waals surface area contributed by atoms with E-state index in [1.165, 1.54) is 6.08 Å². The molecule has 4 nitrogen and oxygen atoms in total. The number of benzene rings is 1. The summed E-state index contributed by atoms with van der Waals surface area (Å²) < 4.78 is 0. The van der Waals surface area contributed by atoms with Crippen LogP contribution in [0.2, 0.25) is 5.02 Å². The van der Waals surface area contributed by atoms with Gasteiger partial charge in [0.25, 0.3) is 0 Å². The SMILES string of the molecule is O=C(C=Cc1cccc(Cl)c1)Nc1ccn[nH]1. The summed E-state index contributed by atoms with van der Waals surface area (Å²) in [4.78, 5) is 11.5. The summed E-state index contributed by atoms with van der Waals surface area (Å²) in [6.45, 7) is 0. The zero-order valence-electron chi connectivity index (χ0n) is 8.85. The number of halogens is 1. The third kappa shape index (κ3) is 3.46. The summed E-state index contributed by atoms with van der Waals surface area (Å²) in [6.07, 6.45) is 4.69. The molecule has 0 unspecified atom stereocenters. The number of nitrogens with one attached hydrogen (secondary N) is 2. The van der Waals surface area contributed by atoms with Crippen LogP contribution in [0.15, 0.2) is 42.6 Å². The lowest BCUT2D eigenvalue weighted by molar-refractivity contribution is -0.111. The highest BCUT2D eigenvalue weighted by Gasteiger charge is 1.97. The van der Waals surface area contributed by atoms with Crippen LogP contribution in [-0.4, -0.2) is 16.1 Å². The van der Waals surface area contributed by atoms with Crippen molar-refractivity contribution in [3.05, 3.63) is 53.2 Å². The van der Waals surface area contributed by atoms with Crippen molar-refractivity contribution in [2.45, 2.75) is 0 Å². The molecule has 0 atom stereocenters. The van der Waals surface area contributed by atoms with Gasteiger partial charge in [0.1, 0.15) is 5.82 Å². The molecule has 0 aliphatic heterocycles. The number of hydrogen-bond acceptors (Lipinski definition) is 2. The first-order valence-corrected chi connectivity index (χ1v) is 5.36. The number of rotatable bonds is 3. The molecule has 0 aliphatic carbocycles. The standard InChI is InChI=1S/C12H10ClN3O/c13-10-3-1-2-9(8-10)4-5-12(17)15-11-6-7-14-16-11/h1-8H,(H2,14,15,16,17). The normalized spacial score (nSPS) is 10.6. The molecule has 1 amide bonds. The van der Waals surface area contributed by atoms with E-state index in [1.807, 2.05) is 12.1 Å². The van der Waals surface area contributed by atoms with Gasteiger partial charge in [-0.1, -0.05) is 23.7 Å². The van der Waals surface area contributed by atoms with E-state index in [9.17, 15) is 4.79 Å². The molecule has 0 saturated heterocycles. The van der Waals surface area contributed by atoms with Crippen molar-refractivity contribution in [2.24, 2.45) is 0 Å². The minimum atomic E-state index is -0.228. The van der Waals surface area contributed by atoms with E-state index in [2.05, 4.69) is 15.5 Å². The highest BCUT2D eigenvalue weighted by molar-refractivity contribution is 6.30.